The summed E-state index contributed by atoms with van der Waals surface area (Å²) in [4.78, 5) is 2.30. The standard InChI is InChI=1S/C17H22F4N2O.ClH/c18-14-9-13(1-2-15(14)24-12-17(19,20)21)10-23-8-5-16(11-23)3-6-22-7-4-16;/h1-2,9,22H,3-8,10-12H2;1H. The van der Waals surface area contributed by atoms with Gasteiger partial charge in [-0.3, -0.25) is 4.90 Å². The Morgan fingerprint density at radius 2 is 1.88 bits per heavy atom. The van der Waals surface area contributed by atoms with Gasteiger partial charge in [-0.05, 0) is 62.0 Å². The normalized spacial score (nSPS) is 20.5. The van der Waals surface area contributed by atoms with Crippen LogP contribution in [0.1, 0.15) is 24.8 Å². The van der Waals surface area contributed by atoms with E-state index in [1.54, 1.807) is 6.07 Å². The van der Waals surface area contributed by atoms with Crippen LogP contribution in [0, 0.1) is 11.2 Å². The van der Waals surface area contributed by atoms with Crippen LogP contribution in [0.15, 0.2) is 18.2 Å². The Morgan fingerprint density at radius 1 is 1.16 bits per heavy atom. The second-order valence-corrected chi connectivity index (χ2v) is 6.88. The van der Waals surface area contributed by atoms with Crippen molar-refractivity contribution in [2.24, 2.45) is 5.41 Å². The van der Waals surface area contributed by atoms with E-state index in [1.165, 1.54) is 25.0 Å². The molecule has 3 nitrogen and oxygen atoms in total. The van der Waals surface area contributed by atoms with E-state index in [1.807, 2.05) is 0 Å². The molecule has 0 radical (unpaired) electrons. The Morgan fingerprint density at radius 3 is 2.52 bits per heavy atom. The zero-order valence-electron chi connectivity index (χ0n) is 13.9. The Bertz CT molecular complexity index is 576. The summed E-state index contributed by atoms with van der Waals surface area (Å²) in [7, 11) is 0. The van der Waals surface area contributed by atoms with E-state index >= 15 is 0 Å². The molecule has 0 unspecified atom stereocenters. The van der Waals surface area contributed by atoms with E-state index in [9.17, 15) is 17.6 Å². The number of rotatable bonds is 4. The number of piperidine rings is 1. The fourth-order valence-corrected chi connectivity index (χ4v) is 3.71. The zero-order chi connectivity index (χ0) is 17.2. The van der Waals surface area contributed by atoms with Gasteiger partial charge < -0.3 is 10.1 Å². The lowest BCUT2D eigenvalue weighted by molar-refractivity contribution is -0.153. The van der Waals surface area contributed by atoms with Crippen molar-refractivity contribution in [3.05, 3.63) is 29.6 Å². The summed E-state index contributed by atoms with van der Waals surface area (Å²) < 4.78 is 54.8. The van der Waals surface area contributed by atoms with E-state index in [-0.39, 0.29) is 18.2 Å². The fraction of sp³-hybridized carbons (Fsp3) is 0.647. The number of alkyl halides is 3. The monoisotopic (exact) mass is 382 g/mol. The van der Waals surface area contributed by atoms with Crippen LogP contribution < -0.4 is 10.1 Å². The smallest absolute Gasteiger partial charge is 0.422 e. The predicted molar refractivity (Wildman–Crippen MR) is 89.6 cm³/mol. The Labute approximate surface area is 151 Å². The van der Waals surface area contributed by atoms with Gasteiger partial charge in [-0.1, -0.05) is 6.07 Å². The van der Waals surface area contributed by atoms with E-state index < -0.39 is 18.6 Å². The molecule has 8 heteroatoms. The van der Waals surface area contributed by atoms with Crippen molar-refractivity contribution < 1.29 is 22.3 Å². The summed E-state index contributed by atoms with van der Waals surface area (Å²) in [6, 6.07) is 4.20. The number of nitrogens with one attached hydrogen (secondary N) is 1. The molecule has 2 saturated heterocycles. The van der Waals surface area contributed by atoms with Crippen LogP contribution in [0.2, 0.25) is 0 Å². The van der Waals surface area contributed by atoms with E-state index in [2.05, 4.69) is 15.0 Å². The van der Waals surface area contributed by atoms with E-state index in [0.717, 1.165) is 38.2 Å². The third-order valence-corrected chi connectivity index (χ3v) is 4.98. The summed E-state index contributed by atoms with van der Waals surface area (Å²) in [5.41, 5.74) is 1.14. The largest absolute Gasteiger partial charge is 0.481 e. The first-order valence-corrected chi connectivity index (χ1v) is 8.26. The van der Waals surface area contributed by atoms with Gasteiger partial charge in [0, 0.05) is 13.1 Å². The molecule has 0 bridgehead atoms. The van der Waals surface area contributed by atoms with Gasteiger partial charge in [0.25, 0.3) is 0 Å². The molecule has 3 rings (SSSR count). The minimum Gasteiger partial charge on any atom is -0.481 e. The van der Waals surface area contributed by atoms with Gasteiger partial charge in [-0.15, -0.1) is 12.4 Å². The maximum atomic E-state index is 13.9. The number of benzene rings is 1. The van der Waals surface area contributed by atoms with Crippen molar-refractivity contribution in [3.8, 4) is 5.75 Å². The molecule has 0 atom stereocenters. The molecule has 142 valence electrons. The van der Waals surface area contributed by atoms with Crippen molar-refractivity contribution in [1.82, 2.24) is 10.2 Å². The minimum absolute atomic E-state index is 0. The maximum absolute atomic E-state index is 13.9. The van der Waals surface area contributed by atoms with Gasteiger partial charge in [0.2, 0.25) is 0 Å². The lowest BCUT2D eigenvalue weighted by Gasteiger charge is -2.33. The number of hydrogen-bond acceptors (Lipinski definition) is 3. The predicted octanol–water partition coefficient (Wildman–Crippen LogP) is 3.76. The van der Waals surface area contributed by atoms with Crippen molar-refractivity contribution in [1.29, 1.82) is 0 Å². The van der Waals surface area contributed by atoms with Crippen LogP contribution in [0.4, 0.5) is 17.6 Å². The molecule has 0 aliphatic carbocycles. The molecule has 1 N–H and O–H groups in total. The van der Waals surface area contributed by atoms with Crippen LogP contribution >= 0.6 is 12.4 Å². The first-order chi connectivity index (χ1) is 11.4. The Hall–Kier alpha value is -1.05. The van der Waals surface area contributed by atoms with Crippen molar-refractivity contribution >= 4 is 12.4 Å². The first kappa shape index (κ1) is 20.3. The Kier molecular flexibility index (Phi) is 6.56. The summed E-state index contributed by atoms with van der Waals surface area (Å²) in [6.45, 7) is 3.22. The highest BCUT2D eigenvalue weighted by Gasteiger charge is 2.38. The van der Waals surface area contributed by atoms with E-state index in [4.69, 9.17) is 0 Å². The SMILES string of the molecule is Cl.Fc1cc(CN2CCC3(CCNCC3)C2)ccc1OCC(F)(F)F. The maximum Gasteiger partial charge on any atom is 0.422 e. The highest BCUT2D eigenvalue weighted by Crippen LogP contribution is 2.39. The van der Waals surface area contributed by atoms with Crippen LogP contribution in [-0.4, -0.2) is 43.9 Å². The quantitative estimate of drug-likeness (QED) is 0.802. The third kappa shape index (κ3) is 5.46. The van der Waals surface area contributed by atoms with Crippen LogP contribution in [-0.2, 0) is 6.54 Å². The summed E-state index contributed by atoms with van der Waals surface area (Å²) in [5, 5.41) is 3.37. The molecule has 0 amide bonds. The third-order valence-electron chi connectivity index (χ3n) is 4.98. The summed E-state index contributed by atoms with van der Waals surface area (Å²) in [5.74, 6) is -1.10. The molecule has 1 spiro atoms. The summed E-state index contributed by atoms with van der Waals surface area (Å²) in [6.07, 6.45) is -0.974. The van der Waals surface area contributed by atoms with Gasteiger partial charge in [0.15, 0.2) is 18.2 Å². The number of likely N-dealkylation sites (tertiary alicyclic amines) is 1. The topological polar surface area (TPSA) is 24.5 Å². The number of nitrogens with zero attached hydrogens (tertiary/aromatic N) is 1. The molecular formula is C17H23ClF4N2O. The van der Waals surface area contributed by atoms with Crippen LogP contribution in [0.25, 0.3) is 0 Å². The first-order valence-electron chi connectivity index (χ1n) is 8.26. The molecule has 1 aromatic rings. The molecule has 2 heterocycles. The minimum atomic E-state index is -4.47. The molecule has 0 saturated carbocycles. The molecule has 0 aromatic heterocycles. The van der Waals surface area contributed by atoms with Gasteiger partial charge in [0.1, 0.15) is 0 Å². The number of halogens is 5. The van der Waals surface area contributed by atoms with Crippen LogP contribution in [0.3, 0.4) is 0 Å². The lowest BCUT2D eigenvalue weighted by atomic mass is 9.78. The second-order valence-electron chi connectivity index (χ2n) is 6.88. The molecule has 25 heavy (non-hydrogen) atoms. The molecule has 2 aliphatic rings. The van der Waals surface area contributed by atoms with Crippen molar-refractivity contribution in [2.45, 2.75) is 32.0 Å². The fourth-order valence-electron chi connectivity index (χ4n) is 3.71. The number of ether oxygens (including phenoxy) is 1. The van der Waals surface area contributed by atoms with E-state index in [0.29, 0.717) is 12.0 Å². The molecular weight excluding hydrogens is 360 g/mol. The Balaban J connectivity index is 0.00000225. The van der Waals surface area contributed by atoms with Gasteiger partial charge in [0.05, 0.1) is 0 Å². The average molecular weight is 383 g/mol. The highest BCUT2D eigenvalue weighted by molar-refractivity contribution is 5.85. The lowest BCUT2D eigenvalue weighted by Crippen LogP contribution is -2.38. The van der Waals surface area contributed by atoms with Crippen molar-refractivity contribution in [3.63, 3.8) is 0 Å². The zero-order valence-corrected chi connectivity index (χ0v) is 14.7. The number of hydrogen-bond donors (Lipinski definition) is 1. The van der Waals surface area contributed by atoms with Gasteiger partial charge >= 0.3 is 6.18 Å². The van der Waals surface area contributed by atoms with Gasteiger partial charge in [-0.25, -0.2) is 4.39 Å². The highest BCUT2D eigenvalue weighted by atomic mass is 35.5. The molecule has 2 fully saturated rings. The summed E-state index contributed by atoms with van der Waals surface area (Å²) >= 11 is 0. The van der Waals surface area contributed by atoms with Crippen molar-refractivity contribution in [2.75, 3.05) is 32.8 Å². The van der Waals surface area contributed by atoms with Crippen LogP contribution in [0.5, 0.6) is 5.75 Å². The second kappa shape index (κ2) is 8.10. The average Bonchev–Trinajstić information content (AvgIpc) is 2.88. The molecule has 2 aliphatic heterocycles. The molecule has 1 aromatic carbocycles. The van der Waals surface area contributed by atoms with Gasteiger partial charge in [-0.2, -0.15) is 13.2 Å².